The Bertz CT molecular complexity index is 718. The van der Waals surface area contributed by atoms with Gasteiger partial charge in [-0.2, -0.15) is 17.5 Å². The number of aliphatic carboxylic acids is 2. The third kappa shape index (κ3) is 5.99. The van der Waals surface area contributed by atoms with Crippen molar-refractivity contribution in [3.63, 3.8) is 0 Å². The highest BCUT2D eigenvalue weighted by atomic mass is 32.2. The van der Waals surface area contributed by atoms with Crippen LogP contribution in [0.25, 0.3) is 0 Å². The normalized spacial score (nSPS) is 15.8. The van der Waals surface area contributed by atoms with Gasteiger partial charge in [-0.3, -0.25) is 0 Å². The van der Waals surface area contributed by atoms with E-state index in [4.69, 9.17) is 19.8 Å². The predicted molar refractivity (Wildman–Crippen MR) is 78.3 cm³/mol. The average molecular weight is 384 g/mol. The Balaban J connectivity index is 0.000000450. The molecule has 1 heterocycles. The van der Waals surface area contributed by atoms with Gasteiger partial charge < -0.3 is 15.5 Å². The molecule has 0 radical (unpaired) electrons. The minimum Gasteiger partial charge on any atom is -0.473 e. The molecule has 140 valence electrons. The first-order valence-electron chi connectivity index (χ1n) is 6.80. The molecule has 0 unspecified atom stereocenters. The molecule has 12 heteroatoms. The summed E-state index contributed by atoms with van der Waals surface area (Å²) < 4.78 is 63.3. The van der Waals surface area contributed by atoms with Gasteiger partial charge in [0.25, 0.3) is 0 Å². The van der Waals surface area contributed by atoms with E-state index in [2.05, 4.69) is 5.32 Å². The van der Waals surface area contributed by atoms with Crippen LogP contribution in [0.15, 0.2) is 29.2 Å². The molecule has 0 atom stereocenters. The molecular formula is C13H15F3N2O6S. The summed E-state index contributed by atoms with van der Waals surface area (Å²) in [5.41, 5.74) is -0.955. The highest BCUT2D eigenvalue weighted by molar-refractivity contribution is 7.89. The smallest absolute Gasteiger partial charge is 0.416 e. The Morgan fingerprint density at radius 2 is 1.60 bits per heavy atom. The lowest BCUT2D eigenvalue weighted by Gasteiger charge is -2.26. The van der Waals surface area contributed by atoms with E-state index in [9.17, 15) is 21.6 Å². The van der Waals surface area contributed by atoms with E-state index in [0.717, 1.165) is 12.1 Å². The Kier molecular flexibility index (Phi) is 6.90. The van der Waals surface area contributed by atoms with Gasteiger partial charge in [-0.1, -0.05) is 6.07 Å². The lowest BCUT2D eigenvalue weighted by Crippen LogP contribution is -2.46. The second-order valence-corrected chi connectivity index (χ2v) is 6.73. The summed E-state index contributed by atoms with van der Waals surface area (Å²) in [5.74, 6) is -3.65. The largest absolute Gasteiger partial charge is 0.473 e. The molecule has 25 heavy (non-hydrogen) atoms. The van der Waals surface area contributed by atoms with Gasteiger partial charge in [-0.25, -0.2) is 18.0 Å². The summed E-state index contributed by atoms with van der Waals surface area (Å²) >= 11 is 0. The summed E-state index contributed by atoms with van der Waals surface area (Å²) in [6.45, 7) is 1.52. The van der Waals surface area contributed by atoms with Crippen LogP contribution in [0, 0.1) is 0 Å². The van der Waals surface area contributed by atoms with E-state index in [1.165, 1.54) is 10.4 Å². The van der Waals surface area contributed by atoms with Gasteiger partial charge in [0.15, 0.2) is 0 Å². The second-order valence-electron chi connectivity index (χ2n) is 4.79. The maximum atomic E-state index is 12.6. The highest BCUT2D eigenvalue weighted by Crippen LogP contribution is 2.31. The Morgan fingerprint density at radius 3 is 2.04 bits per heavy atom. The monoisotopic (exact) mass is 384 g/mol. The van der Waals surface area contributed by atoms with Gasteiger partial charge in [0, 0.05) is 26.2 Å². The fourth-order valence-electron chi connectivity index (χ4n) is 1.87. The van der Waals surface area contributed by atoms with E-state index in [1.807, 2.05) is 0 Å². The zero-order valence-corrected chi connectivity index (χ0v) is 13.5. The molecular weight excluding hydrogens is 369 g/mol. The first-order chi connectivity index (χ1) is 11.5. The topological polar surface area (TPSA) is 124 Å². The van der Waals surface area contributed by atoms with E-state index in [-0.39, 0.29) is 18.0 Å². The molecule has 0 bridgehead atoms. The molecule has 3 N–H and O–H groups in total. The average Bonchev–Trinajstić information content (AvgIpc) is 2.55. The number of carboxylic acid groups (broad SMARTS) is 2. The van der Waals surface area contributed by atoms with Gasteiger partial charge >= 0.3 is 18.1 Å². The number of hydrogen-bond acceptors (Lipinski definition) is 5. The van der Waals surface area contributed by atoms with Crippen LogP contribution in [-0.2, 0) is 25.8 Å². The van der Waals surface area contributed by atoms with Crippen LogP contribution in [0.4, 0.5) is 13.2 Å². The maximum Gasteiger partial charge on any atom is 0.416 e. The zero-order valence-electron chi connectivity index (χ0n) is 12.7. The zero-order chi connectivity index (χ0) is 19.3. The van der Waals surface area contributed by atoms with Gasteiger partial charge in [-0.05, 0) is 18.2 Å². The summed E-state index contributed by atoms with van der Waals surface area (Å²) in [6.07, 6.45) is -4.55. The standard InChI is InChI=1S/C11H13F3N2O2S.C2H2O4/c12-11(13,14)9-2-1-3-10(8-9)19(17,18)16-6-4-15-5-7-16;3-1(4)2(5)6/h1-3,8,15H,4-7H2;(H,3,4)(H,5,6). The number of carboxylic acids is 2. The number of sulfonamides is 1. The van der Waals surface area contributed by atoms with Crippen LogP contribution < -0.4 is 5.32 Å². The van der Waals surface area contributed by atoms with Crippen molar-refractivity contribution in [3.05, 3.63) is 29.8 Å². The van der Waals surface area contributed by atoms with E-state index < -0.39 is 33.7 Å². The van der Waals surface area contributed by atoms with Crippen molar-refractivity contribution in [2.75, 3.05) is 26.2 Å². The first kappa shape index (κ1) is 20.9. The van der Waals surface area contributed by atoms with Crippen LogP contribution in [0.1, 0.15) is 5.56 Å². The number of nitrogens with zero attached hydrogens (tertiary/aromatic N) is 1. The van der Waals surface area contributed by atoms with Crippen LogP contribution in [0.5, 0.6) is 0 Å². The third-order valence-corrected chi connectivity index (χ3v) is 4.95. The van der Waals surface area contributed by atoms with Crippen molar-refractivity contribution in [2.24, 2.45) is 0 Å². The lowest BCUT2D eigenvalue weighted by atomic mass is 10.2. The molecule has 1 aliphatic rings. The molecule has 1 aromatic rings. The van der Waals surface area contributed by atoms with Crippen LogP contribution in [-0.4, -0.2) is 61.1 Å². The summed E-state index contributed by atoms with van der Waals surface area (Å²) in [7, 11) is -3.85. The highest BCUT2D eigenvalue weighted by Gasteiger charge is 2.33. The van der Waals surface area contributed by atoms with E-state index >= 15 is 0 Å². The van der Waals surface area contributed by atoms with Gasteiger partial charge in [0.2, 0.25) is 10.0 Å². The predicted octanol–water partition coefficient (Wildman–Crippen LogP) is 0.455. The molecule has 1 aliphatic heterocycles. The number of halogens is 3. The van der Waals surface area contributed by atoms with Crippen molar-refractivity contribution >= 4 is 22.0 Å². The summed E-state index contributed by atoms with van der Waals surface area (Å²) in [4.78, 5) is 17.9. The Hall–Kier alpha value is -2.18. The Labute approximate surface area is 140 Å². The molecule has 0 aliphatic carbocycles. The number of carbonyl (C=O) groups is 2. The van der Waals surface area contributed by atoms with Crippen molar-refractivity contribution in [2.45, 2.75) is 11.1 Å². The quantitative estimate of drug-likeness (QED) is 0.633. The molecule has 1 aromatic carbocycles. The lowest BCUT2D eigenvalue weighted by molar-refractivity contribution is -0.159. The first-order valence-corrected chi connectivity index (χ1v) is 8.24. The van der Waals surface area contributed by atoms with Crippen molar-refractivity contribution in [3.8, 4) is 0 Å². The van der Waals surface area contributed by atoms with Crippen molar-refractivity contribution in [1.82, 2.24) is 9.62 Å². The minimum atomic E-state index is -4.55. The number of nitrogens with one attached hydrogen (secondary N) is 1. The number of alkyl halides is 3. The fraction of sp³-hybridized carbons (Fsp3) is 0.385. The molecule has 0 saturated carbocycles. The molecule has 0 aromatic heterocycles. The summed E-state index contributed by atoms with van der Waals surface area (Å²) in [6, 6.07) is 3.83. The molecule has 0 spiro atoms. The van der Waals surface area contributed by atoms with Gasteiger partial charge in [0.05, 0.1) is 10.5 Å². The molecule has 0 amide bonds. The number of piperazine rings is 1. The molecule has 1 fully saturated rings. The van der Waals surface area contributed by atoms with Crippen molar-refractivity contribution in [1.29, 1.82) is 0 Å². The van der Waals surface area contributed by atoms with Crippen LogP contribution >= 0.6 is 0 Å². The van der Waals surface area contributed by atoms with E-state index in [1.54, 1.807) is 0 Å². The summed E-state index contributed by atoms with van der Waals surface area (Å²) in [5, 5.41) is 17.8. The second kappa shape index (κ2) is 8.27. The fourth-order valence-corrected chi connectivity index (χ4v) is 3.35. The SMILES string of the molecule is O=C(O)C(=O)O.O=S(=O)(c1cccc(C(F)(F)F)c1)N1CCNCC1. The maximum absolute atomic E-state index is 12.6. The number of hydrogen-bond donors (Lipinski definition) is 3. The molecule has 8 nitrogen and oxygen atoms in total. The van der Waals surface area contributed by atoms with Crippen molar-refractivity contribution < 1.29 is 41.4 Å². The minimum absolute atomic E-state index is 0.262. The third-order valence-electron chi connectivity index (χ3n) is 3.06. The van der Waals surface area contributed by atoms with Gasteiger partial charge in [0.1, 0.15) is 0 Å². The van der Waals surface area contributed by atoms with Crippen LogP contribution in [0.2, 0.25) is 0 Å². The number of benzene rings is 1. The number of rotatable bonds is 2. The van der Waals surface area contributed by atoms with Crippen LogP contribution in [0.3, 0.4) is 0 Å². The van der Waals surface area contributed by atoms with Gasteiger partial charge in [-0.15, -0.1) is 0 Å². The Morgan fingerprint density at radius 1 is 1.08 bits per heavy atom. The molecule has 2 rings (SSSR count). The molecule has 1 saturated heterocycles. The van der Waals surface area contributed by atoms with E-state index in [0.29, 0.717) is 19.2 Å².